The highest BCUT2D eigenvalue weighted by Crippen LogP contribution is 2.47. The Morgan fingerprint density at radius 2 is 0.449 bits per heavy atom. The van der Waals surface area contributed by atoms with Crippen molar-refractivity contribution in [1.29, 1.82) is 0 Å². The van der Waals surface area contributed by atoms with E-state index in [0.29, 0.717) is 0 Å². The minimum Gasteiger partial charge on any atom is -0.392 e. The maximum Gasteiger partial charge on any atom is 0.0682 e. The highest BCUT2D eigenvalue weighted by molar-refractivity contribution is 5.90. The fourth-order valence-corrected chi connectivity index (χ4v) is 8.79. The van der Waals surface area contributed by atoms with Crippen molar-refractivity contribution in [1.82, 2.24) is 0 Å². The second-order valence-corrected chi connectivity index (χ2v) is 16.8. The van der Waals surface area contributed by atoms with Crippen LogP contribution in [0.25, 0.3) is 22.3 Å². The first-order valence-corrected chi connectivity index (χ1v) is 22.8. The van der Waals surface area contributed by atoms with Crippen molar-refractivity contribution in [3.63, 3.8) is 0 Å². The molecule has 6 N–H and O–H groups in total. The van der Waals surface area contributed by atoms with E-state index in [1.807, 2.05) is 146 Å². The molecule has 9 aromatic rings. The van der Waals surface area contributed by atoms with Gasteiger partial charge in [-0.1, -0.05) is 109 Å². The van der Waals surface area contributed by atoms with Gasteiger partial charge >= 0.3 is 0 Å². The maximum absolute atomic E-state index is 10.4. The van der Waals surface area contributed by atoms with E-state index in [2.05, 4.69) is 81.4 Å². The summed E-state index contributed by atoms with van der Waals surface area (Å²) in [7, 11) is 0. The average molecular weight is 912 g/mol. The van der Waals surface area contributed by atoms with Gasteiger partial charge in [0.05, 0.1) is 56.7 Å². The number of nitrogens with zero attached hydrogens (tertiary/aromatic N) is 3. The first-order valence-electron chi connectivity index (χ1n) is 22.8. The Balaban J connectivity index is 1.32. The fraction of sp³-hybridized carbons (Fsp3) is 0.100. The van der Waals surface area contributed by atoms with Gasteiger partial charge in [0.2, 0.25) is 0 Å². The SMILES string of the molecule is OCc1cccc(-c2ccc(N(c3ccc(-c4cccc(CO)c4)cc3)c3cc(N(c4cccc(CO)c4)c4cccc(CO)c4)cc(N(c4cccc(CO)c4)c4cccc(CO)c4)c3)cc2)c1. The molecular weight excluding hydrogens is 859 g/mol. The Labute approximate surface area is 402 Å². The molecule has 9 aromatic carbocycles. The third-order valence-corrected chi connectivity index (χ3v) is 12.2. The van der Waals surface area contributed by atoms with Crippen LogP contribution in [0.2, 0.25) is 0 Å². The van der Waals surface area contributed by atoms with Crippen LogP contribution in [0.3, 0.4) is 0 Å². The molecule has 9 rings (SSSR count). The second-order valence-electron chi connectivity index (χ2n) is 16.8. The van der Waals surface area contributed by atoms with Crippen molar-refractivity contribution < 1.29 is 30.6 Å². The smallest absolute Gasteiger partial charge is 0.0682 e. The average Bonchev–Trinajstić information content (AvgIpc) is 3.41. The molecule has 0 saturated carbocycles. The molecule has 0 radical (unpaired) electrons. The number of benzene rings is 9. The molecular formula is C60H53N3O6. The van der Waals surface area contributed by atoms with Crippen molar-refractivity contribution in [2.45, 2.75) is 39.6 Å². The van der Waals surface area contributed by atoms with Crippen molar-refractivity contribution in [3.8, 4) is 22.3 Å². The van der Waals surface area contributed by atoms with Crippen LogP contribution in [0.5, 0.6) is 0 Å². The summed E-state index contributed by atoms with van der Waals surface area (Å²) in [6.07, 6.45) is 0. The largest absolute Gasteiger partial charge is 0.392 e. The first-order chi connectivity index (χ1) is 33.9. The third-order valence-electron chi connectivity index (χ3n) is 12.2. The van der Waals surface area contributed by atoms with Crippen LogP contribution in [0, 0.1) is 0 Å². The number of aliphatic hydroxyl groups excluding tert-OH is 6. The Bertz CT molecular complexity index is 2870. The van der Waals surface area contributed by atoms with Crippen molar-refractivity contribution in [3.05, 3.63) is 246 Å². The Morgan fingerprint density at radius 1 is 0.203 bits per heavy atom. The predicted molar refractivity (Wildman–Crippen MR) is 277 cm³/mol. The van der Waals surface area contributed by atoms with E-state index in [9.17, 15) is 30.6 Å². The van der Waals surface area contributed by atoms with Gasteiger partial charge in [0, 0.05) is 34.1 Å². The van der Waals surface area contributed by atoms with Crippen molar-refractivity contribution >= 4 is 51.2 Å². The Hall–Kier alpha value is -7.86. The molecule has 9 nitrogen and oxygen atoms in total. The number of hydrogen-bond acceptors (Lipinski definition) is 9. The van der Waals surface area contributed by atoms with Gasteiger partial charge < -0.3 is 45.3 Å². The minimum absolute atomic E-state index is 0.0596. The lowest BCUT2D eigenvalue weighted by Crippen LogP contribution is -2.17. The maximum atomic E-state index is 10.4. The molecule has 0 amide bonds. The van der Waals surface area contributed by atoms with Crippen LogP contribution >= 0.6 is 0 Å². The number of rotatable bonds is 17. The quantitative estimate of drug-likeness (QED) is 0.0529. The molecule has 0 atom stereocenters. The van der Waals surface area contributed by atoms with Gasteiger partial charge in [-0.15, -0.1) is 0 Å². The summed E-state index contributed by atoms with van der Waals surface area (Å²) in [4.78, 5) is 6.43. The van der Waals surface area contributed by atoms with Crippen LogP contribution in [0.1, 0.15) is 33.4 Å². The van der Waals surface area contributed by atoms with Crippen LogP contribution < -0.4 is 14.7 Å². The Kier molecular flexibility index (Phi) is 14.3. The zero-order chi connectivity index (χ0) is 47.7. The van der Waals surface area contributed by atoms with Gasteiger partial charge in [-0.25, -0.2) is 0 Å². The van der Waals surface area contributed by atoms with Gasteiger partial charge in [-0.2, -0.15) is 0 Å². The van der Waals surface area contributed by atoms with E-state index in [-0.39, 0.29) is 39.6 Å². The summed E-state index contributed by atoms with van der Waals surface area (Å²) in [5, 5.41) is 61.5. The molecule has 0 aliphatic rings. The van der Waals surface area contributed by atoms with Crippen LogP contribution in [0.15, 0.2) is 212 Å². The van der Waals surface area contributed by atoms with Crippen molar-refractivity contribution in [2.75, 3.05) is 14.7 Å². The second kappa shape index (κ2) is 21.4. The Morgan fingerprint density at radius 3 is 0.725 bits per heavy atom. The van der Waals surface area contributed by atoms with E-state index in [4.69, 9.17) is 0 Å². The van der Waals surface area contributed by atoms with Crippen LogP contribution in [0.4, 0.5) is 51.2 Å². The van der Waals surface area contributed by atoms with Crippen LogP contribution in [-0.2, 0) is 39.6 Å². The molecule has 0 saturated heterocycles. The summed E-state index contributed by atoms with van der Waals surface area (Å²) < 4.78 is 0. The summed E-state index contributed by atoms with van der Waals surface area (Å²) in [6, 6.07) is 69.8. The summed E-state index contributed by atoms with van der Waals surface area (Å²) in [5.41, 5.74) is 15.7. The van der Waals surface area contributed by atoms with Gasteiger partial charge in [-0.05, 0) is 159 Å². The van der Waals surface area contributed by atoms with Gasteiger partial charge in [0.15, 0.2) is 0 Å². The number of aliphatic hydroxyl groups is 6. The lowest BCUT2D eigenvalue weighted by molar-refractivity contribution is 0.281. The molecule has 0 aliphatic carbocycles. The van der Waals surface area contributed by atoms with E-state index in [0.717, 1.165) is 107 Å². The minimum atomic E-state index is -0.159. The van der Waals surface area contributed by atoms with Crippen molar-refractivity contribution in [2.24, 2.45) is 0 Å². The van der Waals surface area contributed by atoms with E-state index >= 15 is 0 Å². The normalized spacial score (nSPS) is 11.1. The molecule has 0 spiro atoms. The highest BCUT2D eigenvalue weighted by atomic mass is 16.3. The topological polar surface area (TPSA) is 131 Å². The lowest BCUT2D eigenvalue weighted by Gasteiger charge is -2.33. The standard InChI is InChI=1S/C60H53N3O6/c64-36-42-7-1-13-50(27-42)48-19-23-52(24-20-48)61(53-25-21-49(22-26-53)51-14-2-8-43(28-51)37-65)58-33-59(62(54-15-3-9-44(29-54)38-66)55-16-4-10-45(30-55)39-67)35-60(34-58)63(56-17-5-11-46(31-56)40-68)57-18-6-12-47(32-57)41-69/h1-35,64-69H,36-41H2. The molecule has 0 aliphatic heterocycles. The number of anilines is 9. The fourth-order valence-electron chi connectivity index (χ4n) is 8.79. The van der Waals surface area contributed by atoms with Crippen LogP contribution in [-0.4, -0.2) is 30.6 Å². The van der Waals surface area contributed by atoms with E-state index in [1.54, 1.807) is 0 Å². The molecule has 0 bridgehead atoms. The molecule has 344 valence electrons. The molecule has 0 aromatic heterocycles. The van der Waals surface area contributed by atoms with Gasteiger partial charge in [-0.3, -0.25) is 0 Å². The summed E-state index contributed by atoms with van der Waals surface area (Å²) in [5.74, 6) is 0. The molecule has 69 heavy (non-hydrogen) atoms. The molecule has 0 unspecified atom stereocenters. The molecule has 9 heteroatoms. The van der Waals surface area contributed by atoms with Gasteiger partial charge in [0.1, 0.15) is 0 Å². The zero-order valence-corrected chi connectivity index (χ0v) is 38.0. The lowest BCUT2D eigenvalue weighted by atomic mass is 10.0. The monoisotopic (exact) mass is 911 g/mol. The first kappa shape index (κ1) is 46.3. The van der Waals surface area contributed by atoms with E-state index in [1.165, 1.54) is 0 Å². The third kappa shape index (κ3) is 10.4. The van der Waals surface area contributed by atoms with Gasteiger partial charge in [0.25, 0.3) is 0 Å². The zero-order valence-electron chi connectivity index (χ0n) is 38.0. The summed E-state index contributed by atoms with van der Waals surface area (Å²) >= 11 is 0. The number of hydrogen-bond donors (Lipinski definition) is 6. The summed E-state index contributed by atoms with van der Waals surface area (Å²) in [6.45, 7) is -0.754. The molecule has 0 heterocycles. The highest BCUT2D eigenvalue weighted by Gasteiger charge is 2.23. The molecule has 0 fully saturated rings. The predicted octanol–water partition coefficient (Wildman–Crippen LogP) is 12.4. The van der Waals surface area contributed by atoms with E-state index < -0.39 is 0 Å².